The number of nitrogens with zero attached hydrogens (tertiary/aromatic N) is 3. The van der Waals surface area contributed by atoms with Crippen molar-refractivity contribution in [2.24, 2.45) is 17.3 Å². The summed E-state index contributed by atoms with van der Waals surface area (Å²) >= 11 is 6.15. The molecule has 1 aromatic rings. The number of aliphatic carboxylic acids is 1. The van der Waals surface area contributed by atoms with Crippen molar-refractivity contribution in [1.82, 2.24) is 9.78 Å². The molecule has 0 amide bonds. The van der Waals surface area contributed by atoms with Crippen LogP contribution in [0.2, 0.25) is 5.02 Å². The molecule has 1 N–H and O–H groups in total. The van der Waals surface area contributed by atoms with Gasteiger partial charge >= 0.3 is 11.8 Å². The molecule has 1 heterocycles. The molecule has 5 rings (SSSR count). The molecule has 1 aromatic heterocycles. The first kappa shape index (κ1) is 15.9. The molecule has 4 aliphatic rings. The van der Waals surface area contributed by atoms with Crippen LogP contribution < -0.4 is 0 Å². The van der Waals surface area contributed by atoms with Gasteiger partial charge in [-0.25, -0.2) is 0 Å². The van der Waals surface area contributed by atoms with Gasteiger partial charge in [0.1, 0.15) is 0 Å². The second kappa shape index (κ2) is 4.94. The van der Waals surface area contributed by atoms with E-state index in [4.69, 9.17) is 11.6 Å². The van der Waals surface area contributed by atoms with Crippen molar-refractivity contribution in [3.05, 3.63) is 20.8 Å². The van der Waals surface area contributed by atoms with Crippen LogP contribution in [0.25, 0.3) is 0 Å². The summed E-state index contributed by atoms with van der Waals surface area (Å²) in [6, 6.07) is 0. The van der Waals surface area contributed by atoms with Crippen molar-refractivity contribution in [3.8, 4) is 0 Å². The van der Waals surface area contributed by atoms with Gasteiger partial charge in [-0.05, 0) is 67.6 Å². The van der Waals surface area contributed by atoms with E-state index in [1.165, 1.54) is 0 Å². The van der Waals surface area contributed by atoms with Crippen molar-refractivity contribution < 1.29 is 14.8 Å². The van der Waals surface area contributed by atoms with Crippen molar-refractivity contribution in [2.75, 3.05) is 0 Å². The third-order valence-electron chi connectivity index (χ3n) is 6.33. The van der Waals surface area contributed by atoms with Crippen LogP contribution in [0.3, 0.4) is 0 Å². The predicted octanol–water partition coefficient (Wildman–Crippen LogP) is 3.52. The van der Waals surface area contributed by atoms with Gasteiger partial charge in [-0.15, -0.1) is 0 Å². The molecule has 0 aromatic carbocycles. The van der Waals surface area contributed by atoms with Gasteiger partial charge in [0.2, 0.25) is 0 Å². The van der Waals surface area contributed by atoms with Gasteiger partial charge in [0.15, 0.2) is 5.02 Å². The Balaban J connectivity index is 1.79. The molecule has 0 aliphatic heterocycles. The van der Waals surface area contributed by atoms with E-state index in [1.54, 1.807) is 11.6 Å². The second-order valence-electron chi connectivity index (χ2n) is 8.15. The van der Waals surface area contributed by atoms with E-state index in [0.29, 0.717) is 17.5 Å². The predicted molar refractivity (Wildman–Crippen MR) is 86.0 cm³/mol. The van der Waals surface area contributed by atoms with E-state index >= 15 is 0 Å². The highest BCUT2D eigenvalue weighted by atomic mass is 35.5. The monoisotopic (exact) mass is 353 g/mol. The Labute approximate surface area is 144 Å². The summed E-state index contributed by atoms with van der Waals surface area (Å²) in [6.07, 6.45) is 5.79. The molecule has 0 unspecified atom stereocenters. The number of carboxylic acids is 1. The average molecular weight is 354 g/mol. The van der Waals surface area contributed by atoms with E-state index in [-0.39, 0.29) is 28.2 Å². The maximum Gasteiger partial charge on any atom is 0.408 e. The molecular formula is C16H20ClN3O4. The quantitative estimate of drug-likeness (QED) is 0.659. The van der Waals surface area contributed by atoms with Gasteiger partial charge in [0.05, 0.1) is 22.8 Å². The van der Waals surface area contributed by atoms with Crippen molar-refractivity contribution in [1.29, 1.82) is 0 Å². The Morgan fingerprint density at radius 3 is 2.54 bits per heavy atom. The zero-order valence-corrected chi connectivity index (χ0v) is 14.3. The minimum Gasteiger partial charge on any atom is -0.481 e. The Kier molecular flexibility index (Phi) is 3.27. The fourth-order valence-corrected chi connectivity index (χ4v) is 6.41. The summed E-state index contributed by atoms with van der Waals surface area (Å²) in [5.41, 5.74) is 0.104. The van der Waals surface area contributed by atoms with Crippen molar-refractivity contribution in [2.45, 2.75) is 57.4 Å². The molecule has 4 bridgehead atoms. The molecular weight excluding hydrogens is 334 g/mol. The lowest BCUT2D eigenvalue weighted by Gasteiger charge is -2.61. The van der Waals surface area contributed by atoms with E-state index in [1.807, 2.05) is 0 Å². The van der Waals surface area contributed by atoms with Crippen LogP contribution in [0.1, 0.15) is 50.6 Å². The fourth-order valence-electron chi connectivity index (χ4n) is 6.22. The zero-order valence-electron chi connectivity index (χ0n) is 13.5. The molecule has 24 heavy (non-hydrogen) atoms. The minimum absolute atomic E-state index is 0.100. The standard InChI is InChI=1S/C16H20ClN3O4/c1-9-13(17)14(20(23)24)18-19(9)16-5-10-2-11(6-16)4-15(3-10,8-16)7-12(21)22/h10-11H,2-8H2,1H3,(H,21,22)/t10-,11-,15?,16?/m1/s1. The minimum atomic E-state index is -0.756. The normalized spacial score (nSPS) is 36.9. The Morgan fingerprint density at radius 1 is 1.42 bits per heavy atom. The molecule has 4 aliphatic carbocycles. The van der Waals surface area contributed by atoms with Crippen molar-refractivity contribution in [3.63, 3.8) is 0 Å². The SMILES string of the molecule is Cc1c(Cl)c([N+](=O)[O-])nn1C12C[C@@H]3C[C@H](CC(CC(=O)O)(C3)C1)C2. The van der Waals surface area contributed by atoms with Crippen molar-refractivity contribution >= 4 is 23.4 Å². The van der Waals surface area contributed by atoms with Gasteiger partial charge in [-0.1, -0.05) is 11.6 Å². The summed E-state index contributed by atoms with van der Waals surface area (Å²) < 4.78 is 1.77. The third kappa shape index (κ3) is 2.17. The molecule has 2 atom stereocenters. The first-order valence-corrected chi connectivity index (χ1v) is 8.73. The van der Waals surface area contributed by atoms with Crippen LogP contribution in [0.15, 0.2) is 0 Å². The third-order valence-corrected chi connectivity index (χ3v) is 6.77. The fraction of sp³-hybridized carbons (Fsp3) is 0.750. The molecule has 0 radical (unpaired) electrons. The van der Waals surface area contributed by atoms with Gasteiger partial charge in [0, 0.05) is 0 Å². The molecule has 130 valence electrons. The highest BCUT2D eigenvalue weighted by Gasteiger charge is 2.60. The number of aromatic nitrogens is 2. The lowest BCUT2D eigenvalue weighted by Crippen LogP contribution is -2.57. The lowest BCUT2D eigenvalue weighted by molar-refractivity contribution is -0.389. The number of nitro groups is 1. The zero-order chi connectivity index (χ0) is 17.3. The molecule has 0 saturated heterocycles. The highest BCUT2D eigenvalue weighted by molar-refractivity contribution is 6.33. The number of hydrogen-bond acceptors (Lipinski definition) is 4. The summed E-state index contributed by atoms with van der Waals surface area (Å²) in [5.74, 6) is -0.0930. The van der Waals surface area contributed by atoms with Gasteiger partial charge < -0.3 is 15.2 Å². The summed E-state index contributed by atoms with van der Waals surface area (Å²) in [5, 5.41) is 24.9. The maximum absolute atomic E-state index is 11.4. The van der Waals surface area contributed by atoms with Crippen LogP contribution in [-0.4, -0.2) is 25.8 Å². The second-order valence-corrected chi connectivity index (χ2v) is 8.53. The Bertz CT molecular complexity index is 730. The van der Waals surface area contributed by atoms with E-state index in [9.17, 15) is 20.0 Å². The van der Waals surface area contributed by atoms with Crippen LogP contribution in [0.5, 0.6) is 0 Å². The average Bonchev–Trinajstić information content (AvgIpc) is 2.73. The van der Waals surface area contributed by atoms with Gasteiger partial charge in [-0.2, -0.15) is 4.68 Å². The summed E-state index contributed by atoms with van der Waals surface area (Å²) in [4.78, 5) is 22.1. The number of halogens is 1. The number of rotatable bonds is 4. The maximum atomic E-state index is 11.4. The number of hydrogen-bond donors (Lipinski definition) is 1. The highest BCUT2D eigenvalue weighted by Crippen LogP contribution is 2.65. The molecule has 7 nitrogen and oxygen atoms in total. The Hall–Kier alpha value is -1.63. The van der Waals surface area contributed by atoms with Gasteiger partial charge in [-0.3, -0.25) is 4.79 Å². The molecule has 8 heteroatoms. The van der Waals surface area contributed by atoms with E-state index in [0.717, 1.165) is 38.5 Å². The van der Waals surface area contributed by atoms with Crippen LogP contribution in [-0.2, 0) is 10.3 Å². The van der Waals surface area contributed by atoms with E-state index in [2.05, 4.69) is 5.10 Å². The number of carbonyl (C=O) groups is 1. The van der Waals surface area contributed by atoms with Crippen LogP contribution in [0, 0.1) is 34.3 Å². The smallest absolute Gasteiger partial charge is 0.408 e. The summed E-state index contributed by atoms with van der Waals surface area (Å²) in [6.45, 7) is 1.77. The van der Waals surface area contributed by atoms with Crippen LogP contribution in [0.4, 0.5) is 5.82 Å². The first-order chi connectivity index (χ1) is 11.2. The topological polar surface area (TPSA) is 98.3 Å². The van der Waals surface area contributed by atoms with E-state index < -0.39 is 10.9 Å². The molecule has 4 fully saturated rings. The molecule has 4 saturated carbocycles. The largest absolute Gasteiger partial charge is 0.481 e. The summed E-state index contributed by atoms with van der Waals surface area (Å²) in [7, 11) is 0. The molecule has 0 spiro atoms. The number of carboxylic acid groups (broad SMARTS) is 1. The lowest BCUT2D eigenvalue weighted by atomic mass is 9.46. The van der Waals surface area contributed by atoms with Gasteiger partial charge in [0.25, 0.3) is 0 Å². The Morgan fingerprint density at radius 2 is 2.04 bits per heavy atom. The van der Waals surface area contributed by atoms with Crippen LogP contribution >= 0.6 is 11.6 Å². The first-order valence-electron chi connectivity index (χ1n) is 8.35.